The van der Waals surface area contributed by atoms with E-state index in [-0.39, 0.29) is 0 Å². The molecule has 0 aliphatic carbocycles. The highest BCUT2D eigenvalue weighted by atomic mass is 16.5. The van der Waals surface area contributed by atoms with Crippen LogP contribution in [0.15, 0.2) is 24.3 Å². The minimum atomic E-state index is -0.937. The molecule has 4 rings (SSSR count). The normalized spacial score (nSPS) is 15.0. The molecule has 0 amide bonds. The molecule has 1 aliphatic rings. The third-order valence-corrected chi connectivity index (χ3v) is 4.71. The zero-order valence-electron chi connectivity index (χ0n) is 16.9. The predicted octanol–water partition coefficient (Wildman–Crippen LogP) is 2.26. The first-order chi connectivity index (χ1) is 13.9. The van der Waals surface area contributed by atoms with Gasteiger partial charge in [-0.3, -0.25) is 5.10 Å². The van der Waals surface area contributed by atoms with Crippen molar-refractivity contribution in [1.82, 2.24) is 20.2 Å². The number of morpholine rings is 1. The molecular formula is C20H26N6O3. The van der Waals surface area contributed by atoms with Crippen molar-refractivity contribution in [2.75, 3.05) is 43.6 Å². The Labute approximate surface area is 169 Å². The van der Waals surface area contributed by atoms with E-state index in [0.29, 0.717) is 61.8 Å². The number of nitrogens with zero attached hydrogens (tertiary/aromatic N) is 4. The van der Waals surface area contributed by atoms with Crippen molar-refractivity contribution in [2.45, 2.75) is 25.9 Å². The fraction of sp³-hybridized carbons (Fsp3) is 0.450. The molecule has 9 nitrogen and oxygen atoms in total. The lowest BCUT2D eigenvalue weighted by Crippen LogP contribution is -2.37. The van der Waals surface area contributed by atoms with E-state index in [1.807, 2.05) is 24.3 Å². The zero-order valence-corrected chi connectivity index (χ0v) is 16.9. The SMILES string of the molecule is COc1c(Nc2n[nH]c3ccccc23)nc(CC(C)(C)O)nc1N1CCOCC1. The monoisotopic (exact) mass is 398 g/mol. The molecule has 3 N–H and O–H groups in total. The van der Waals surface area contributed by atoms with Crippen molar-refractivity contribution in [3.63, 3.8) is 0 Å². The number of ether oxygens (including phenoxy) is 2. The fourth-order valence-corrected chi connectivity index (χ4v) is 3.38. The van der Waals surface area contributed by atoms with E-state index in [2.05, 4.69) is 25.4 Å². The maximum atomic E-state index is 10.3. The molecule has 0 unspecified atom stereocenters. The van der Waals surface area contributed by atoms with Gasteiger partial charge in [-0.2, -0.15) is 5.10 Å². The molecule has 9 heteroatoms. The molecule has 154 valence electrons. The first-order valence-corrected chi connectivity index (χ1v) is 9.65. The number of methoxy groups -OCH3 is 1. The number of benzene rings is 1. The minimum absolute atomic E-state index is 0.310. The van der Waals surface area contributed by atoms with Gasteiger partial charge < -0.3 is 24.8 Å². The number of aromatic nitrogens is 4. The van der Waals surface area contributed by atoms with Crippen LogP contribution in [0.4, 0.5) is 17.5 Å². The summed E-state index contributed by atoms with van der Waals surface area (Å²) in [4.78, 5) is 11.5. The van der Waals surface area contributed by atoms with Crippen LogP contribution in [-0.2, 0) is 11.2 Å². The van der Waals surface area contributed by atoms with Gasteiger partial charge in [0.2, 0.25) is 5.75 Å². The van der Waals surface area contributed by atoms with Gasteiger partial charge in [0.05, 0.1) is 31.4 Å². The van der Waals surface area contributed by atoms with Crippen molar-refractivity contribution in [1.29, 1.82) is 0 Å². The fourth-order valence-electron chi connectivity index (χ4n) is 3.38. The Balaban J connectivity index is 1.78. The molecule has 1 saturated heterocycles. The number of aliphatic hydroxyl groups is 1. The first kappa shape index (κ1) is 19.4. The van der Waals surface area contributed by atoms with Crippen LogP contribution in [0.3, 0.4) is 0 Å². The second kappa shape index (κ2) is 7.84. The number of rotatable bonds is 6. The van der Waals surface area contributed by atoms with Gasteiger partial charge in [0.25, 0.3) is 0 Å². The van der Waals surface area contributed by atoms with Gasteiger partial charge in [-0.1, -0.05) is 12.1 Å². The molecule has 1 fully saturated rings. The Morgan fingerprint density at radius 3 is 2.69 bits per heavy atom. The van der Waals surface area contributed by atoms with E-state index in [1.54, 1.807) is 21.0 Å². The van der Waals surface area contributed by atoms with E-state index in [9.17, 15) is 5.11 Å². The number of para-hydroxylation sites is 1. The lowest BCUT2D eigenvalue weighted by atomic mass is 10.1. The summed E-state index contributed by atoms with van der Waals surface area (Å²) >= 11 is 0. The summed E-state index contributed by atoms with van der Waals surface area (Å²) in [6.07, 6.45) is 0.310. The molecule has 0 saturated carbocycles. The van der Waals surface area contributed by atoms with Crippen LogP contribution in [-0.4, -0.2) is 64.3 Å². The summed E-state index contributed by atoms with van der Waals surface area (Å²) < 4.78 is 11.2. The molecular weight excluding hydrogens is 372 g/mol. The van der Waals surface area contributed by atoms with Gasteiger partial charge >= 0.3 is 0 Å². The largest absolute Gasteiger partial charge is 0.490 e. The third kappa shape index (κ3) is 4.25. The molecule has 1 aliphatic heterocycles. The Kier molecular flexibility index (Phi) is 5.25. The number of hydrogen-bond acceptors (Lipinski definition) is 8. The van der Waals surface area contributed by atoms with Crippen LogP contribution in [0.2, 0.25) is 0 Å². The van der Waals surface area contributed by atoms with Crippen molar-refractivity contribution >= 4 is 28.4 Å². The first-order valence-electron chi connectivity index (χ1n) is 9.65. The lowest BCUT2D eigenvalue weighted by molar-refractivity contribution is 0.0787. The highest BCUT2D eigenvalue weighted by Crippen LogP contribution is 2.36. The summed E-state index contributed by atoms with van der Waals surface area (Å²) in [7, 11) is 1.60. The number of fused-ring (bicyclic) bond motifs is 1. The van der Waals surface area contributed by atoms with Gasteiger partial charge in [0.15, 0.2) is 17.5 Å². The lowest BCUT2D eigenvalue weighted by Gasteiger charge is -2.30. The van der Waals surface area contributed by atoms with E-state index in [4.69, 9.17) is 14.5 Å². The van der Waals surface area contributed by atoms with Gasteiger partial charge in [-0.05, 0) is 26.0 Å². The quantitative estimate of drug-likeness (QED) is 0.580. The summed E-state index contributed by atoms with van der Waals surface area (Å²) in [6.45, 7) is 6.15. The zero-order chi connectivity index (χ0) is 20.4. The van der Waals surface area contributed by atoms with Crippen molar-refractivity contribution in [3.05, 3.63) is 30.1 Å². The van der Waals surface area contributed by atoms with E-state index in [0.717, 1.165) is 10.9 Å². The Morgan fingerprint density at radius 1 is 1.21 bits per heavy atom. The predicted molar refractivity (Wildman–Crippen MR) is 111 cm³/mol. The van der Waals surface area contributed by atoms with Crippen LogP contribution in [0.1, 0.15) is 19.7 Å². The number of nitrogens with one attached hydrogen (secondary N) is 2. The van der Waals surface area contributed by atoms with Crippen LogP contribution < -0.4 is 15.0 Å². The van der Waals surface area contributed by atoms with E-state index < -0.39 is 5.60 Å². The number of H-pyrrole nitrogens is 1. The van der Waals surface area contributed by atoms with Gasteiger partial charge in [0, 0.05) is 24.9 Å². The van der Waals surface area contributed by atoms with E-state index in [1.165, 1.54) is 0 Å². The van der Waals surface area contributed by atoms with Gasteiger partial charge in [0.1, 0.15) is 5.82 Å². The summed E-state index contributed by atoms with van der Waals surface area (Å²) in [5.41, 5.74) is -0.0131. The molecule has 29 heavy (non-hydrogen) atoms. The topological polar surface area (TPSA) is 108 Å². The molecule has 0 radical (unpaired) electrons. The number of aromatic amines is 1. The van der Waals surface area contributed by atoms with Gasteiger partial charge in [-0.25, -0.2) is 9.97 Å². The average Bonchev–Trinajstić information content (AvgIpc) is 3.10. The highest BCUT2D eigenvalue weighted by molar-refractivity contribution is 5.91. The highest BCUT2D eigenvalue weighted by Gasteiger charge is 2.25. The maximum absolute atomic E-state index is 10.3. The molecule has 0 bridgehead atoms. The second-order valence-electron chi connectivity index (χ2n) is 7.68. The number of hydrogen-bond donors (Lipinski definition) is 3. The van der Waals surface area contributed by atoms with Crippen LogP contribution in [0, 0.1) is 0 Å². The summed E-state index contributed by atoms with van der Waals surface area (Å²) in [5.74, 6) is 2.92. The standard InChI is InChI=1S/C20H26N6O3/c1-20(2,27)12-15-21-18(23-17-13-6-4-5-7-14(13)24-25-17)16(28-3)19(22-15)26-8-10-29-11-9-26/h4-7,27H,8-12H2,1-3H3,(H2,21,22,23,24,25). The molecule has 3 heterocycles. The van der Waals surface area contributed by atoms with Crippen LogP contribution in [0.25, 0.3) is 10.9 Å². The summed E-state index contributed by atoms with van der Waals surface area (Å²) in [6, 6.07) is 7.85. The average molecular weight is 398 g/mol. The van der Waals surface area contributed by atoms with Gasteiger partial charge in [-0.15, -0.1) is 0 Å². The number of anilines is 3. The van der Waals surface area contributed by atoms with Crippen molar-refractivity contribution < 1.29 is 14.6 Å². The Morgan fingerprint density at radius 2 is 1.97 bits per heavy atom. The maximum Gasteiger partial charge on any atom is 0.204 e. The molecule has 2 aromatic heterocycles. The van der Waals surface area contributed by atoms with Crippen molar-refractivity contribution in [3.8, 4) is 5.75 Å². The van der Waals surface area contributed by atoms with Crippen LogP contribution in [0.5, 0.6) is 5.75 Å². The molecule has 3 aromatic rings. The van der Waals surface area contributed by atoms with Crippen molar-refractivity contribution in [2.24, 2.45) is 0 Å². The Hall–Kier alpha value is -2.91. The van der Waals surface area contributed by atoms with E-state index >= 15 is 0 Å². The summed E-state index contributed by atoms with van der Waals surface area (Å²) in [5, 5.41) is 21.9. The Bertz CT molecular complexity index is 992. The smallest absolute Gasteiger partial charge is 0.204 e. The molecule has 0 spiro atoms. The molecule has 1 aromatic carbocycles. The molecule has 0 atom stereocenters. The third-order valence-electron chi connectivity index (χ3n) is 4.71. The second-order valence-corrected chi connectivity index (χ2v) is 7.68. The van der Waals surface area contributed by atoms with Crippen LogP contribution >= 0.6 is 0 Å². The minimum Gasteiger partial charge on any atom is -0.490 e.